The Bertz CT molecular complexity index is 410. The van der Waals surface area contributed by atoms with E-state index in [1.807, 2.05) is 6.92 Å². The number of anilines is 1. The third-order valence-corrected chi connectivity index (χ3v) is 2.25. The van der Waals surface area contributed by atoms with E-state index in [2.05, 4.69) is 11.4 Å². The van der Waals surface area contributed by atoms with Crippen molar-refractivity contribution in [3.8, 4) is 6.07 Å². The molecule has 15 heavy (non-hydrogen) atoms. The van der Waals surface area contributed by atoms with Gasteiger partial charge in [-0.3, -0.25) is 4.79 Å². The highest BCUT2D eigenvalue weighted by molar-refractivity contribution is 6.29. The number of nitriles is 1. The Morgan fingerprint density at radius 2 is 2.33 bits per heavy atom. The van der Waals surface area contributed by atoms with Gasteiger partial charge in [0.1, 0.15) is 5.88 Å². The van der Waals surface area contributed by atoms with E-state index >= 15 is 0 Å². The molecular weight excluding hydrogens is 212 g/mol. The summed E-state index contributed by atoms with van der Waals surface area (Å²) in [5, 5.41) is 11.4. The van der Waals surface area contributed by atoms with Gasteiger partial charge >= 0.3 is 0 Å². The van der Waals surface area contributed by atoms with Crippen LogP contribution >= 0.6 is 11.6 Å². The molecule has 1 N–H and O–H groups in total. The Morgan fingerprint density at radius 1 is 1.60 bits per heavy atom. The zero-order valence-corrected chi connectivity index (χ0v) is 9.14. The zero-order valence-electron chi connectivity index (χ0n) is 8.38. The third kappa shape index (κ3) is 2.97. The van der Waals surface area contributed by atoms with Crippen molar-refractivity contribution >= 4 is 23.2 Å². The Kier molecular flexibility index (Phi) is 4.14. The summed E-state index contributed by atoms with van der Waals surface area (Å²) >= 11 is 5.39. The van der Waals surface area contributed by atoms with Gasteiger partial charge in [0.2, 0.25) is 5.91 Å². The molecule has 0 aliphatic heterocycles. The fourth-order valence-electron chi connectivity index (χ4n) is 1.26. The number of carbonyl (C=O) groups excluding carboxylic acids is 1. The number of aryl methyl sites for hydroxylation is 1. The summed E-state index contributed by atoms with van der Waals surface area (Å²) in [7, 11) is 0. The SMILES string of the molecule is CCc1cc(C#N)ccc1NC(=O)CCl. The second-order valence-electron chi connectivity index (χ2n) is 3.02. The molecule has 1 aromatic rings. The standard InChI is InChI=1S/C11H11ClN2O/c1-2-9-5-8(7-13)3-4-10(9)14-11(15)6-12/h3-5H,2,6H2,1H3,(H,14,15). The maximum absolute atomic E-state index is 11.1. The monoisotopic (exact) mass is 222 g/mol. The first-order chi connectivity index (χ1) is 7.21. The minimum atomic E-state index is -0.240. The quantitative estimate of drug-likeness (QED) is 0.798. The number of benzene rings is 1. The summed E-state index contributed by atoms with van der Waals surface area (Å²) in [4.78, 5) is 11.1. The Labute approximate surface area is 93.7 Å². The number of amides is 1. The highest BCUT2D eigenvalue weighted by Gasteiger charge is 2.05. The van der Waals surface area contributed by atoms with Crippen LogP contribution < -0.4 is 5.32 Å². The van der Waals surface area contributed by atoms with E-state index in [-0.39, 0.29) is 11.8 Å². The van der Waals surface area contributed by atoms with E-state index in [1.54, 1.807) is 18.2 Å². The Morgan fingerprint density at radius 3 is 2.87 bits per heavy atom. The van der Waals surface area contributed by atoms with E-state index in [4.69, 9.17) is 16.9 Å². The first-order valence-corrected chi connectivity index (χ1v) is 5.13. The maximum atomic E-state index is 11.1. The third-order valence-electron chi connectivity index (χ3n) is 2.01. The first-order valence-electron chi connectivity index (χ1n) is 4.60. The van der Waals surface area contributed by atoms with Gasteiger partial charge in [-0.2, -0.15) is 5.26 Å². The predicted molar refractivity (Wildman–Crippen MR) is 59.9 cm³/mol. The van der Waals surface area contributed by atoms with Crippen LogP contribution in [-0.2, 0) is 11.2 Å². The van der Waals surface area contributed by atoms with Crippen molar-refractivity contribution in [1.29, 1.82) is 5.26 Å². The molecule has 1 aromatic carbocycles. The van der Waals surface area contributed by atoms with E-state index in [0.717, 1.165) is 17.7 Å². The van der Waals surface area contributed by atoms with Crippen LogP contribution in [0.1, 0.15) is 18.1 Å². The lowest BCUT2D eigenvalue weighted by Crippen LogP contribution is -2.13. The Hall–Kier alpha value is -1.53. The molecule has 0 unspecified atom stereocenters. The van der Waals surface area contributed by atoms with Gasteiger partial charge in [0.15, 0.2) is 0 Å². The van der Waals surface area contributed by atoms with Crippen LogP contribution in [0.5, 0.6) is 0 Å². The van der Waals surface area contributed by atoms with Gasteiger partial charge in [0.05, 0.1) is 11.6 Å². The summed E-state index contributed by atoms with van der Waals surface area (Å²) in [5.74, 6) is -0.306. The van der Waals surface area contributed by atoms with Crippen LogP contribution in [0.2, 0.25) is 0 Å². The largest absolute Gasteiger partial charge is 0.325 e. The molecule has 1 amide bonds. The Balaban J connectivity index is 2.98. The lowest BCUT2D eigenvalue weighted by molar-refractivity contribution is -0.113. The number of nitrogens with one attached hydrogen (secondary N) is 1. The summed E-state index contributed by atoms with van der Waals surface area (Å²) in [5.41, 5.74) is 2.25. The molecule has 78 valence electrons. The molecule has 0 aromatic heterocycles. The number of nitrogens with zero attached hydrogens (tertiary/aromatic N) is 1. The minimum absolute atomic E-state index is 0.0663. The molecule has 0 saturated heterocycles. The number of halogens is 1. The lowest BCUT2D eigenvalue weighted by atomic mass is 10.1. The summed E-state index contributed by atoms with van der Waals surface area (Å²) < 4.78 is 0. The smallest absolute Gasteiger partial charge is 0.239 e. The highest BCUT2D eigenvalue weighted by atomic mass is 35.5. The van der Waals surface area contributed by atoms with E-state index in [0.29, 0.717) is 5.56 Å². The number of rotatable bonds is 3. The molecule has 0 aliphatic rings. The number of hydrogen-bond donors (Lipinski definition) is 1. The van der Waals surface area contributed by atoms with Crippen molar-refractivity contribution in [2.75, 3.05) is 11.2 Å². The lowest BCUT2D eigenvalue weighted by Gasteiger charge is -2.08. The van der Waals surface area contributed by atoms with Crippen LogP contribution in [-0.4, -0.2) is 11.8 Å². The van der Waals surface area contributed by atoms with Crippen LogP contribution in [0, 0.1) is 11.3 Å². The van der Waals surface area contributed by atoms with Crippen molar-refractivity contribution < 1.29 is 4.79 Å². The van der Waals surface area contributed by atoms with Crippen molar-refractivity contribution in [3.05, 3.63) is 29.3 Å². The molecule has 0 saturated carbocycles. The van der Waals surface area contributed by atoms with Crippen LogP contribution in [0.15, 0.2) is 18.2 Å². The maximum Gasteiger partial charge on any atom is 0.239 e. The molecule has 0 heterocycles. The van der Waals surface area contributed by atoms with E-state index in [1.165, 1.54) is 0 Å². The van der Waals surface area contributed by atoms with Crippen molar-refractivity contribution in [1.82, 2.24) is 0 Å². The minimum Gasteiger partial charge on any atom is -0.325 e. The average molecular weight is 223 g/mol. The fourth-order valence-corrected chi connectivity index (χ4v) is 1.33. The normalized spacial score (nSPS) is 9.40. The van der Waals surface area contributed by atoms with Crippen molar-refractivity contribution in [2.24, 2.45) is 0 Å². The molecule has 0 aliphatic carbocycles. The van der Waals surface area contributed by atoms with Gasteiger partial charge in [-0.15, -0.1) is 11.6 Å². The number of hydrogen-bond acceptors (Lipinski definition) is 2. The molecule has 3 nitrogen and oxygen atoms in total. The molecule has 4 heteroatoms. The molecule has 0 fully saturated rings. The second-order valence-corrected chi connectivity index (χ2v) is 3.29. The van der Waals surface area contributed by atoms with Gasteiger partial charge < -0.3 is 5.32 Å². The van der Waals surface area contributed by atoms with Crippen LogP contribution in [0.4, 0.5) is 5.69 Å². The molecule has 0 radical (unpaired) electrons. The van der Waals surface area contributed by atoms with Crippen molar-refractivity contribution in [2.45, 2.75) is 13.3 Å². The van der Waals surface area contributed by atoms with Crippen molar-refractivity contribution in [3.63, 3.8) is 0 Å². The molecule has 0 bridgehead atoms. The molecule has 1 rings (SSSR count). The predicted octanol–water partition coefficient (Wildman–Crippen LogP) is 2.30. The summed E-state index contributed by atoms with van der Waals surface area (Å²) in [6.07, 6.45) is 0.757. The van der Waals surface area contributed by atoms with Gasteiger partial charge in [0.25, 0.3) is 0 Å². The van der Waals surface area contributed by atoms with Gasteiger partial charge in [0, 0.05) is 5.69 Å². The number of alkyl halides is 1. The molecule has 0 spiro atoms. The fraction of sp³-hybridized carbons (Fsp3) is 0.273. The summed E-state index contributed by atoms with van der Waals surface area (Å²) in [6, 6.07) is 7.22. The van der Waals surface area contributed by atoms with E-state index < -0.39 is 0 Å². The first kappa shape index (κ1) is 11.5. The molecular formula is C11H11ClN2O. The number of carbonyl (C=O) groups is 1. The topological polar surface area (TPSA) is 52.9 Å². The van der Waals surface area contributed by atoms with Crippen LogP contribution in [0.3, 0.4) is 0 Å². The second kappa shape index (κ2) is 5.38. The van der Waals surface area contributed by atoms with Gasteiger partial charge in [-0.05, 0) is 30.2 Å². The average Bonchev–Trinajstić information content (AvgIpc) is 2.29. The van der Waals surface area contributed by atoms with Crippen LogP contribution in [0.25, 0.3) is 0 Å². The molecule has 0 atom stereocenters. The van der Waals surface area contributed by atoms with Gasteiger partial charge in [-0.1, -0.05) is 6.92 Å². The zero-order chi connectivity index (χ0) is 11.3. The van der Waals surface area contributed by atoms with E-state index in [9.17, 15) is 4.79 Å². The summed E-state index contributed by atoms with van der Waals surface area (Å²) in [6.45, 7) is 1.97. The highest BCUT2D eigenvalue weighted by Crippen LogP contribution is 2.17. The van der Waals surface area contributed by atoms with Gasteiger partial charge in [-0.25, -0.2) is 0 Å².